The number of ether oxygens (including phenoxy) is 5. The smallest absolute Gasteiger partial charge is 0.303 e. The first-order valence-corrected chi connectivity index (χ1v) is 11.3. The van der Waals surface area contributed by atoms with Gasteiger partial charge in [0.15, 0.2) is 35.4 Å². The quantitative estimate of drug-likeness (QED) is 0.198. The molecule has 36 heavy (non-hydrogen) atoms. The summed E-state index contributed by atoms with van der Waals surface area (Å²) in [5.74, 6) is -3.10. The van der Waals surface area contributed by atoms with E-state index in [9.17, 15) is 24.0 Å². The van der Waals surface area contributed by atoms with Gasteiger partial charge in [-0.25, -0.2) is 0 Å². The number of Topliss-reactive ketones (excluding diaryl/α,β-unsaturated/α-hetero) is 1. The molecule has 5 atom stereocenters. The lowest BCUT2D eigenvalue weighted by molar-refractivity contribution is -0.254. The third-order valence-corrected chi connectivity index (χ3v) is 5.03. The molecule has 1 saturated heterocycles. The molecule has 1 heterocycles. The second kappa shape index (κ2) is 13.5. The van der Waals surface area contributed by atoms with E-state index in [-0.39, 0.29) is 24.0 Å². The topological polar surface area (TPSA) is 156 Å². The van der Waals surface area contributed by atoms with E-state index in [0.29, 0.717) is 5.56 Å². The number of nitrogens with one attached hydrogen (secondary N) is 2. The molecule has 0 bridgehead atoms. The molecule has 0 aliphatic carbocycles. The summed E-state index contributed by atoms with van der Waals surface area (Å²) in [4.78, 5) is 59.2. The first kappa shape index (κ1) is 28.7. The minimum atomic E-state index is -1.34. The van der Waals surface area contributed by atoms with Crippen molar-refractivity contribution in [3.05, 3.63) is 35.9 Å². The Kier molecular flexibility index (Phi) is 10.7. The molecule has 12 nitrogen and oxygen atoms in total. The molecular weight excluding hydrogens is 496 g/mol. The summed E-state index contributed by atoms with van der Waals surface area (Å²) in [6.07, 6.45) is -6.31. The van der Waals surface area contributed by atoms with Gasteiger partial charge in [-0.1, -0.05) is 30.3 Å². The Hall–Kier alpha value is -3.58. The number of hydrogen-bond acceptors (Lipinski definition) is 11. The maximum Gasteiger partial charge on any atom is 0.303 e. The minimum absolute atomic E-state index is 0.0415. The monoisotopic (exact) mass is 524 g/mol. The molecule has 0 amide bonds. The van der Waals surface area contributed by atoms with Crippen LogP contribution in [0.25, 0.3) is 0 Å². The third-order valence-electron chi connectivity index (χ3n) is 4.77. The lowest BCUT2D eigenvalue weighted by Gasteiger charge is -2.44. The summed E-state index contributed by atoms with van der Waals surface area (Å²) in [5.41, 5.74) is 0.472. The number of rotatable bonds is 9. The van der Waals surface area contributed by atoms with Gasteiger partial charge in [0.05, 0.1) is 6.54 Å². The molecule has 0 saturated carbocycles. The SMILES string of the molecule is CC(=O)OC[C@H]1O[C@@H](NC(=S)NCC(=O)c2ccccc2)[C@@H](OC(C)=O)[C@@H](OC(C)=O)[C@H]1OC(C)=O. The van der Waals surface area contributed by atoms with Crippen LogP contribution in [0, 0.1) is 0 Å². The highest BCUT2D eigenvalue weighted by molar-refractivity contribution is 7.80. The normalized spacial score (nSPS) is 22.9. The van der Waals surface area contributed by atoms with Crippen molar-refractivity contribution in [3.8, 4) is 0 Å². The van der Waals surface area contributed by atoms with E-state index in [2.05, 4.69) is 10.6 Å². The number of ketones is 1. The van der Waals surface area contributed by atoms with Gasteiger partial charge in [-0.15, -0.1) is 0 Å². The summed E-state index contributed by atoms with van der Waals surface area (Å²) in [7, 11) is 0. The second-order valence-electron chi connectivity index (χ2n) is 7.74. The van der Waals surface area contributed by atoms with Gasteiger partial charge in [-0.05, 0) is 12.2 Å². The van der Waals surface area contributed by atoms with Gasteiger partial charge in [0.2, 0.25) is 0 Å². The van der Waals surface area contributed by atoms with Crippen molar-refractivity contribution in [1.29, 1.82) is 0 Å². The van der Waals surface area contributed by atoms with Gasteiger partial charge >= 0.3 is 23.9 Å². The van der Waals surface area contributed by atoms with Crippen LogP contribution < -0.4 is 10.6 Å². The van der Waals surface area contributed by atoms with Crippen molar-refractivity contribution in [2.24, 2.45) is 0 Å². The van der Waals surface area contributed by atoms with E-state index >= 15 is 0 Å². The highest BCUT2D eigenvalue weighted by atomic mass is 32.1. The van der Waals surface area contributed by atoms with Crippen LogP contribution in [0.5, 0.6) is 0 Å². The van der Waals surface area contributed by atoms with Crippen LogP contribution in [0.2, 0.25) is 0 Å². The Morgan fingerprint density at radius 1 is 0.833 bits per heavy atom. The van der Waals surface area contributed by atoms with Gasteiger partial charge in [0.25, 0.3) is 0 Å². The lowest BCUT2D eigenvalue weighted by atomic mass is 9.97. The Bertz CT molecular complexity index is 986. The first-order chi connectivity index (χ1) is 17.0. The fourth-order valence-corrected chi connectivity index (χ4v) is 3.60. The maximum atomic E-state index is 12.4. The Balaban J connectivity index is 2.26. The number of carbonyl (C=O) groups is 5. The summed E-state index contributed by atoms with van der Waals surface area (Å²) in [6.45, 7) is 4.03. The van der Waals surface area contributed by atoms with Crippen molar-refractivity contribution in [2.45, 2.75) is 58.3 Å². The van der Waals surface area contributed by atoms with Crippen molar-refractivity contribution in [3.63, 3.8) is 0 Å². The van der Waals surface area contributed by atoms with Gasteiger partial charge in [-0.2, -0.15) is 0 Å². The van der Waals surface area contributed by atoms with E-state index in [1.165, 1.54) is 6.92 Å². The molecule has 196 valence electrons. The molecule has 1 aromatic carbocycles. The summed E-state index contributed by atoms with van der Waals surface area (Å²) in [5, 5.41) is 5.47. The Morgan fingerprint density at radius 2 is 1.39 bits per heavy atom. The van der Waals surface area contributed by atoms with Crippen LogP contribution in [0.1, 0.15) is 38.1 Å². The molecule has 1 aromatic rings. The highest BCUT2D eigenvalue weighted by Gasteiger charge is 2.52. The molecular formula is C23H28N2O10S. The van der Waals surface area contributed by atoms with Crippen LogP contribution in [0.15, 0.2) is 30.3 Å². The standard InChI is InChI=1S/C23H28N2O10S/c1-12(26)31-11-18-19(32-13(2)27)20(33-14(3)28)21(34-15(4)29)22(35-18)25-23(36)24-10-17(30)16-8-6-5-7-9-16/h5-9,18-22H,10-11H2,1-4H3,(H2,24,25,36)/t18-,19+,20+,21+,22-/m1/s1. The Morgan fingerprint density at radius 3 is 1.94 bits per heavy atom. The number of benzene rings is 1. The number of esters is 4. The molecule has 2 N–H and O–H groups in total. The molecule has 13 heteroatoms. The molecule has 0 unspecified atom stereocenters. The van der Waals surface area contributed by atoms with Gasteiger partial charge in [0.1, 0.15) is 12.7 Å². The lowest BCUT2D eigenvalue weighted by Crippen LogP contribution is -2.66. The fraction of sp³-hybridized carbons (Fsp3) is 0.478. The number of hydrogen-bond donors (Lipinski definition) is 2. The summed E-state index contributed by atoms with van der Waals surface area (Å²) < 4.78 is 26.9. The van der Waals surface area contributed by atoms with Gasteiger partial charge in [0, 0.05) is 33.3 Å². The van der Waals surface area contributed by atoms with E-state index in [1.54, 1.807) is 30.3 Å². The number of thiocarbonyl (C=S) groups is 1. The summed E-state index contributed by atoms with van der Waals surface area (Å²) >= 11 is 5.27. The van der Waals surface area contributed by atoms with E-state index in [1.807, 2.05) is 0 Å². The molecule has 1 aliphatic heterocycles. The molecule has 1 aliphatic rings. The van der Waals surface area contributed by atoms with Crippen molar-refractivity contribution < 1.29 is 47.7 Å². The van der Waals surface area contributed by atoms with Crippen LogP contribution in [0.3, 0.4) is 0 Å². The third kappa shape index (κ3) is 8.89. The zero-order valence-corrected chi connectivity index (χ0v) is 21.0. The van der Waals surface area contributed by atoms with Gasteiger partial charge < -0.3 is 34.3 Å². The van der Waals surface area contributed by atoms with Crippen LogP contribution in [-0.2, 0) is 42.9 Å². The minimum Gasteiger partial charge on any atom is -0.463 e. The molecule has 0 radical (unpaired) electrons. The molecule has 0 aromatic heterocycles. The van der Waals surface area contributed by atoms with Crippen molar-refractivity contribution in [2.75, 3.05) is 13.2 Å². The van der Waals surface area contributed by atoms with Crippen LogP contribution in [-0.4, -0.2) is 78.6 Å². The first-order valence-electron chi connectivity index (χ1n) is 10.9. The average molecular weight is 525 g/mol. The zero-order valence-electron chi connectivity index (χ0n) is 20.2. The van der Waals surface area contributed by atoms with E-state index in [0.717, 1.165) is 20.8 Å². The summed E-state index contributed by atoms with van der Waals surface area (Å²) in [6, 6.07) is 8.53. The predicted molar refractivity (Wildman–Crippen MR) is 126 cm³/mol. The van der Waals surface area contributed by atoms with Crippen molar-refractivity contribution in [1.82, 2.24) is 10.6 Å². The predicted octanol–water partition coefficient (Wildman–Crippen LogP) is 0.417. The highest BCUT2D eigenvalue weighted by Crippen LogP contribution is 2.28. The van der Waals surface area contributed by atoms with Crippen molar-refractivity contribution >= 4 is 47.0 Å². The molecule has 2 rings (SSSR count). The van der Waals surface area contributed by atoms with Crippen LogP contribution >= 0.6 is 12.2 Å². The second-order valence-corrected chi connectivity index (χ2v) is 8.14. The zero-order chi connectivity index (χ0) is 26.8. The average Bonchev–Trinajstić information content (AvgIpc) is 2.79. The van der Waals surface area contributed by atoms with Gasteiger partial charge in [-0.3, -0.25) is 24.0 Å². The maximum absolute atomic E-state index is 12.4. The van der Waals surface area contributed by atoms with Crippen LogP contribution in [0.4, 0.5) is 0 Å². The fourth-order valence-electron chi connectivity index (χ4n) is 3.41. The molecule has 1 fully saturated rings. The number of carbonyl (C=O) groups excluding carboxylic acids is 5. The Labute approximate surface area is 212 Å². The largest absolute Gasteiger partial charge is 0.463 e. The van der Waals surface area contributed by atoms with E-state index < -0.39 is 54.5 Å². The molecule has 0 spiro atoms. The van der Waals surface area contributed by atoms with E-state index in [4.69, 9.17) is 35.9 Å².